The van der Waals surface area contributed by atoms with Gasteiger partial charge < -0.3 is 4.84 Å². The van der Waals surface area contributed by atoms with Crippen LogP contribution in [0.3, 0.4) is 0 Å². The molecule has 0 aliphatic heterocycles. The second kappa shape index (κ2) is 10.6. The van der Waals surface area contributed by atoms with E-state index in [1.165, 1.54) is 13.2 Å². The van der Waals surface area contributed by atoms with E-state index in [0.29, 0.717) is 29.1 Å². The molecular weight excluding hydrogens is 514 g/mol. The van der Waals surface area contributed by atoms with Crippen LogP contribution in [0.25, 0.3) is 22.6 Å². The molecule has 38 heavy (non-hydrogen) atoms. The summed E-state index contributed by atoms with van der Waals surface area (Å²) in [6.07, 6.45) is -5.65. The zero-order chi connectivity index (χ0) is 27.5. The predicted octanol–water partition coefficient (Wildman–Crippen LogP) is 6.45. The van der Waals surface area contributed by atoms with E-state index in [4.69, 9.17) is 4.84 Å². The van der Waals surface area contributed by atoms with Crippen LogP contribution in [0.2, 0.25) is 0 Å². The highest BCUT2D eigenvalue weighted by atomic mass is 19.4. The lowest BCUT2D eigenvalue weighted by atomic mass is 10.0. The Kier molecular flexibility index (Phi) is 7.44. The molecule has 0 N–H and O–H groups in total. The summed E-state index contributed by atoms with van der Waals surface area (Å²) in [5, 5.41) is 0.837. The molecule has 0 aliphatic rings. The Morgan fingerprint density at radius 2 is 1.47 bits per heavy atom. The minimum atomic E-state index is -5.00. The van der Waals surface area contributed by atoms with Crippen LogP contribution in [-0.2, 0) is 23.7 Å². The first-order chi connectivity index (χ1) is 17.9. The van der Waals surface area contributed by atoms with Gasteiger partial charge in [0.2, 0.25) is 0 Å². The molecule has 12 heteroatoms. The van der Waals surface area contributed by atoms with Crippen molar-refractivity contribution in [2.24, 2.45) is 0 Å². The molecule has 0 saturated carbocycles. The van der Waals surface area contributed by atoms with Gasteiger partial charge in [-0.15, -0.1) is 5.06 Å². The number of carbonyl (C=O) groups is 1. The van der Waals surface area contributed by atoms with Crippen LogP contribution in [0.1, 0.15) is 27.0 Å². The van der Waals surface area contributed by atoms with Gasteiger partial charge in [-0.05, 0) is 35.9 Å². The zero-order valence-corrected chi connectivity index (χ0v) is 19.6. The maximum absolute atomic E-state index is 13.2. The summed E-state index contributed by atoms with van der Waals surface area (Å²) < 4.78 is 79.1. The zero-order valence-electron chi connectivity index (χ0n) is 19.6. The van der Waals surface area contributed by atoms with Crippen molar-refractivity contribution in [3.63, 3.8) is 0 Å². The topological polar surface area (TPSA) is 68.2 Å². The number of aromatic nitrogens is 3. The molecule has 0 fully saturated rings. The second-order valence-electron chi connectivity index (χ2n) is 8.14. The molecule has 0 aliphatic carbocycles. The Morgan fingerprint density at radius 1 is 0.868 bits per heavy atom. The molecule has 0 saturated heterocycles. The number of alkyl halides is 6. The smallest absolute Gasteiger partial charge is 0.364 e. The summed E-state index contributed by atoms with van der Waals surface area (Å²) in [5.74, 6) is -0.643. The van der Waals surface area contributed by atoms with Gasteiger partial charge >= 0.3 is 18.3 Å². The van der Waals surface area contributed by atoms with Gasteiger partial charge in [-0.2, -0.15) is 26.3 Å². The molecule has 0 radical (unpaired) electrons. The molecule has 0 amide bonds. The molecular formula is C26H18F6N4O2. The standard InChI is InChI=1S/C26H18F6N4O2/c1-36(15-16-11-19(25(27,28)29)13-20(12-16)26(30,31)32)38-24(37)21-14-34-23(18-7-9-33-10-8-18)35-22(21)17-5-3-2-4-6-17/h2-14H,15H2,1H3. The fraction of sp³-hybridized carbons (Fsp3) is 0.154. The lowest BCUT2D eigenvalue weighted by Crippen LogP contribution is -2.24. The number of nitrogens with zero attached hydrogens (tertiary/aromatic N) is 4. The van der Waals surface area contributed by atoms with Crippen LogP contribution in [-0.4, -0.2) is 33.0 Å². The van der Waals surface area contributed by atoms with Crippen molar-refractivity contribution in [2.75, 3.05) is 7.05 Å². The molecule has 2 aromatic heterocycles. The van der Waals surface area contributed by atoms with Crippen molar-refractivity contribution < 1.29 is 36.0 Å². The Morgan fingerprint density at radius 3 is 2.05 bits per heavy atom. The molecule has 6 nitrogen and oxygen atoms in total. The first kappa shape index (κ1) is 26.7. The number of carbonyl (C=O) groups excluding carboxylic acids is 1. The minimum Gasteiger partial charge on any atom is -0.364 e. The molecule has 2 aromatic carbocycles. The molecule has 0 unspecified atom stereocenters. The van der Waals surface area contributed by atoms with Crippen LogP contribution < -0.4 is 0 Å². The first-order valence-corrected chi connectivity index (χ1v) is 11.0. The highest BCUT2D eigenvalue weighted by Gasteiger charge is 2.37. The Hall–Kier alpha value is -4.32. The molecule has 0 atom stereocenters. The van der Waals surface area contributed by atoms with E-state index in [-0.39, 0.29) is 22.9 Å². The van der Waals surface area contributed by atoms with Gasteiger partial charge in [-0.1, -0.05) is 30.3 Å². The normalized spacial score (nSPS) is 12.0. The molecule has 4 rings (SSSR count). The number of hydroxylamine groups is 2. The SMILES string of the molecule is CN(Cc1cc(C(F)(F)F)cc(C(F)(F)F)c1)OC(=O)c1cnc(-c2ccncc2)nc1-c1ccccc1. The van der Waals surface area contributed by atoms with E-state index in [1.54, 1.807) is 54.9 Å². The summed E-state index contributed by atoms with van der Waals surface area (Å²) in [7, 11) is 1.21. The van der Waals surface area contributed by atoms with Crippen LogP contribution >= 0.6 is 0 Å². The van der Waals surface area contributed by atoms with Crippen molar-refractivity contribution in [1.82, 2.24) is 20.0 Å². The number of rotatable bonds is 6. The van der Waals surface area contributed by atoms with E-state index >= 15 is 0 Å². The predicted molar refractivity (Wildman–Crippen MR) is 124 cm³/mol. The molecule has 0 bridgehead atoms. The van der Waals surface area contributed by atoms with Crippen molar-refractivity contribution in [3.05, 3.63) is 102 Å². The Balaban J connectivity index is 1.62. The monoisotopic (exact) mass is 532 g/mol. The maximum Gasteiger partial charge on any atom is 0.416 e. The summed E-state index contributed by atoms with van der Waals surface area (Å²) in [6.45, 7) is -0.546. The summed E-state index contributed by atoms with van der Waals surface area (Å²) in [4.78, 5) is 30.9. The minimum absolute atomic E-state index is 0.0311. The van der Waals surface area contributed by atoms with Gasteiger partial charge in [-0.3, -0.25) is 4.98 Å². The van der Waals surface area contributed by atoms with Gasteiger partial charge in [-0.25, -0.2) is 14.8 Å². The van der Waals surface area contributed by atoms with Crippen molar-refractivity contribution in [3.8, 4) is 22.6 Å². The number of hydrogen-bond acceptors (Lipinski definition) is 6. The van der Waals surface area contributed by atoms with Crippen LogP contribution in [0.5, 0.6) is 0 Å². The fourth-order valence-electron chi connectivity index (χ4n) is 3.58. The molecule has 196 valence electrons. The quantitative estimate of drug-likeness (QED) is 0.210. The van der Waals surface area contributed by atoms with E-state index < -0.39 is 36.0 Å². The van der Waals surface area contributed by atoms with E-state index in [0.717, 1.165) is 5.06 Å². The third kappa shape index (κ3) is 6.32. The molecule has 2 heterocycles. The van der Waals surface area contributed by atoms with Gasteiger partial charge in [0, 0.05) is 36.8 Å². The Labute approximate surface area is 212 Å². The molecule has 0 spiro atoms. The average Bonchev–Trinajstić information content (AvgIpc) is 2.88. The number of pyridine rings is 1. The highest BCUT2D eigenvalue weighted by molar-refractivity contribution is 5.96. The van der Waals surface area contributed by atoms with E-state index in [1.807, 2.05) is 0 Å². The van der Waals surface area contributed by atoms with Crippen LogP contribution in [0, 0.1) is 0 Å². The fourth-order valence-corrected chi connectivity index (χ4v) is 3.58. The van der Waals surface area contributed by atoms with Gasteiger partial charge in [0.25, 0.3) is 0 Å². The lowest BCUT2D eigenvalue weighted by Gasteiger charge is -2.19. The summed E-state index contributed by atoms with van der Waals surface area (Å²) in [5.41, 5.74) is -1.91. The second-order valence-corrected chi connectivity index (χ2v) is 8.14. The van der Waals surface area contributed by atoms with Gasteiger partial charge in [0.15, 0.2) is 5.82 Å². The van der Waals surface area contributed by atoms with E-state index in [2.05, 4.69) is 15.0 Å². The van der Waals surface area contributed by atoms with Gasteiger partial charge in [0.05, 0.1) is 23.4 Å². The Bertz CT molecular complexity index is 1400. The highest BCUT2D eigenvalue weighted by Crippen LogP contribution is 2.36. The molecule has 4 aromatic rings. The van der Waals surface area contributed by atoms with Crippen molar-refractivity contribution in [1.29, 1.82) is 0 Å². The summed E-state index contributed by atoms with van der Waals surface area (Å²) >= 11 is 0. The van der Waals surface area contributed by atoms with Crippen LogP contribution in [0.4, 0.5) is 26.3 Å². The number of halogens is 6. The summed E-state index contributed by atoms with van der Waals surface area (Å²) in [6, 6.07) is 13.2. The number of benzene rings is 2. The third-order valence-electron chi connectivity index (χ3n) is 5.29. The van der Waals surface area contributed by atoms with Crippen molar-refractivity contribution >= 4 is 5.97 Å². The van der Waals surface area contributed by atoms with Gasteiger partial charge in [0.1, 0.15) is 5.56 Å². The van der Waals surface area contributed by atoms with E-state index in [9.17, 15) is 31.1 Å². The van der Waals surface area contributed by atoms with Crippen LogP contribution in [0.15, 0.2) is 79.3 Å². The number of hydrogen-bond donors (Lipinski definition) is 0. The average molecular weight is 532 g/mol. The largest absolute Gasteiger partial charge is 0.416 e. The maximum atomic E-state index is 13.2. The third-order valence-corrected chi connectivity index (χ3v) is 5.29. The lowest BCUT2D eigenvalue weighted by molar-refractivity contribution is -0.143. The van der Waals surface area contributed by atoms with Crippen molar-refractivity contribution in [2.45, 2.75) is 18.9 Å². The first-order valence-electron chi connectivity index (χ1n) is 11.0.